The Hall–Kier alpha value is -2.30. The Morgan fingerprint density at radius 1 is 1.10 bits per heavy atom. The van der Waals surface area contributed by atoms with Crippen LogP contribution in [0.1, 0.15) is 31.0 Å². The van der Waals surface area contributed by atoms with Crippen molar-refractivity contribution in [2.45, 2.75) is 25.2 Å². The lowest BCUT2D eigenvalue weighted by Crippen LogP contribution is -2.10. The fourth-order valence-electron chi connectivity index (χ4n) is 2.50. The van der Waals surface area contributed by atoms with E-state index in [0.717, 1.165) is 42.1 Å². The topological polar surface area (TPSA) is 64.2 Å². The molecule has 0 saturated heterocycles. The molecule has 0 bridgehead atoms. The molecule has 2 aliphatic rings. The summed E-state index contributed by atoms with van der Waals surface area (Å²) >= 11 is 0. The van der Waals surface area contributed by atoms with Crippen molar-refractivity contribution in [3.8, 4) is 22.8 Å². The van der Waals surface area contributed by atoms with Crippen molar-refractivity contribution in [1.82, 2.24) is 9.97 Å². The molecular weight excluding hydrogens is 268 g/mol. The molecule has 1 fully saturated rings. The number of nitrogens with one attached hydrogen (secondary N) is 1. The van der Waals surface area contributed by atoms with Gasteiger partial charge in [-0.1, -0.05) is 0 Å². The van der Waals surface area contributed by atoms with Crippen LogP contribution in [0, 0.1) is 0 Å². The van der Waals surface area contributed by atoms with E-state index < -0.39 is 0 Å². The third-order valence-electron chi connectivity index (χ3n) is 3.77. The van der Waals surface area contributed by atoms with Crippen LogP contribution in [0.5, 0.6) is 11.5 Å². The fourth-order valence-corrected chi connectivity index (χ4v) is 2.50. The third-order valence-corrected chi connectivity index (χ3v) is 3.77. The predicted molar refractivity (Wildman–Crippen MR) is 77.9 cm³/mol. The van der Waals surface area contributed by atoms with Crippen LogP contribution in [0.15, 0.2) is 29.1 Å². The second-order valence-electron chi connectivity index (χ2n) is 5.50. The quantitative estimate of drug-likeness (QED) is 0.920. The largest absolute Gasteiger partial charge is 0.490 e. The normalized spacial score (nSPS) is 17.3. The molecule has 2 heterocycles. The maximum atomic E-state index is 11.8. The van der Waals surface area contributed by atoms with Crippen LogP contribution < -0.4 is 15.0 Å². The van der Waals surface area contributed by atoms with E-state index in [-0.39, 0.29) is 5.56 Å². The van der Waals surface area contributed by atoms with E-state index in [9.17, 15) is 4.79 Å². The molecule has 0 radical (unpaired) electrons. The Balaban J connectivity index is 1.76. The van der Waals surface area contributed by atoms with Gasteiger partial charge in [0, 0.05) is 24.0 Å². The molecule has 21 heavy (non-hydrogen) atoms. The number of benzene rings is 1. The van der Waals surface area contributed by atoms with Crippen molar-refractivity contribution < 1.29 is 9.47 Å². The molecule has 1 saturated carbocycles. The molecule has 1 aromatic carbocycles. The highest BCUT2D eigenvalue weighted by Crippen LogP contribution is 2.38. The predicted octanol–water partition coefficient (Wildman–Crippen LogP) is 2.48. The standard InChI is InChI=1S/C16H16N2O3/c19-15-9-12(17-16(18-15)10-2-3-10)11-4-5-13-14(8-11)21-7-1-6-20-13/h4-5,8-10H,1-3,6-7H2,(H,17,18,19). The highest BCUT2D eigenvalue weighted by atomic mass is 16.5. The zero-order valence-electron chi connectivity index (χ0n) is 11.6. The maximum absolute atomic E-state index is 11.8. The van der Waals surface area contributed by atoms with Crippen molar-refractivity contribution in [3.63, 3.8) is 0 Å². The van der Waals surface area contributed by atoms with Gasteiger partial charge < -0.3 is 14.5 Å². The van der Waals surface area contributed by atoms with Crippen LogP contribution in [0.2, 0.25) is 0 Å². The van der Waals surface area contributed by atoms with Crippen LogP contribution in [-0.4, -0.2) is 23.2 Å². The third kappa shape index (κ3) is 2.51. The molecular formula is C16H16N2O3. The number of aromatic amines is 1. The van der Waals surface area contributed by atoms with Crippen LogP contribution >= 0.6 is 0 Å². The number of hydrogen-bond acceptors (Lipinski definition) is 4. The van der Waals surface area contributed by atoms with E-state index in [1.165, 1.54) is 6.07 Å². The summed E-state index contributed by atoms with van der Waals surface area (Å²) in [5.41, 5.74) is 1.47. The van der Waals surface area contributed by atoms with Gasteiger partial charge in [0.25, 0.3) is 5.56 Å². The average Bonchev–Trinajstić information content (AvgIpc) is 3.32. The smallest absolute Gasteiger partial charge is 0.251 e. The molecule has 0 amide bonds. The van der Waals surface area contributed by atoms with Crippen molar-refractivity contribution in [2.24, 2.45) is 0 Å². The Kier molecular flexibility index (Phi) is 2.91. The van der Waals surface area contributed by atoms with Gasteiger partial charge in [0.1, 0.15) is 5.82 Å². The first kappa shape index (κ1) is 12.4. The number of ether oxygens (including phenoxy) is 2. The van der Waals surface area contributed by atoms with E-state index >= 15 is 0 Å². The first-order valence-electron chi connectivity index (χ1n) is 7.31. The Morgan fingerprint density at radius 2 is 1.90 bits per heavy atom. The van der Waals surface area contributed by atoms with Gasteiger partial charge in [-0.2, -0.15) is 0 Å². The molecule has 0 unspecified atom stereocenters. The molecule has 4 rings (SSSR count). The minimum atomic E-state index is -0.103. The van der Waals surface area contributed by atoms with Gasteiger partial charge in [0.05, 0.1) is 18.9 Å². The van der Waals surface area contributed by atoms with E-state index in [2.05, 4.69) is 9.97 Å². The summed E-state index contributed by atoms with van der Waals surface area (Å²) in [6.07, 6.45) is 3.08. The fraction of sp³-hybridized carbons (Fsp3) is 0.375. The number of rotatable bonds is 2. The van der Waals surface area contributed by atoms with Crippen LogP contribution in [0.25, 0.3) is 11.3 Å². The number of fused-ring (bicyclic) bond motifs is 1. The lowest BCUT2D eigenvalue weighted by molar-refractivity contribution is 0.297. The second-order valence-corrected chi connectivity index (χ2v) is 5.50. The zero-order chi connectivity index (χ0) is 14.2. The van der Waals surface area contributed by atoms with E-state index in [0.29, 0.717) is 24.8 Å². The van der Waals surface area contributed by atoms with E-state index in [1.807, 2.05) is 18.2 Å². The molecule has 1 aromatic heterocycles. The van der Waals surface area contributed by atoms with Crippen molar-refractivity contribution in [1.29, 1.82) is 0 Å². The molecule has 0 spiro atoms. The average molecular weight is 284 g/mol. The summed E-state index contributed by atoms with van der Waals surface area (Å²) < 4.78 is 11.3. The highest BCUT2D eigenvalue weighted by Gasteiger charge is 2.26. The van der Waals surface area contributed by atoms with Crippen LogP contribution in [0.3, 0.4) is 0 Å². The van der Waals surface area contributed by atoms with Gasteiger partial charge in [-0.3, -0.25) is 4.79 Å². The summed E-state index contributed by atoms with van der Waals surface area (Å²) in [4.78, 5) is 19.2. The monoisotopic (exact) mass is 284 g/mol. The Morgan fingerprint density at radius 3 is 2.71 bits per heavy atom. The lowest BCUT2D eigenvalue weighted by Gasteiger charge is -2.09. The lowest BCUT2D eigenvalue weighted by atomic mass is 10.1. The van der Waals surface area contributed by atoms with Gasteiger partial charge in [0.2, 0.25) is 0 Å². The minimum Gasteiger partial charge on any atom is -0.490 e. The van der Waals surface area contributed by atoms with Crippen molar-refractivity contribution in [2.75, 3.05) is 13.2 Å². The van der Waals surface area contributed by atoms with Gasteiger partial charge >= 0.3 is 0 Å². The molecule has 1 N–H and O–H groups in total. The maximum Gasteiger partial charge on any atom is 0.251 e. The zero-order valence-corrected chi connectivity index (χ0v) is 11.6. The van der Waals surface area contributed by atoms with E-state index in [4.69, 9.17) is 9.47 Å². The number of aromatic nitrogens is 2. The molecule has 108 valence electrons. The van der Waals surface area contributed by atoms with Gasteiger partial charge in [0.15, 0.2) is 11.5 Å². The van der Waals surface area contributed by atoms with Gasteiger partial charge in [-0.05, 0) is 31.0 Å². The minimum absolute atomic E-state index is 0.103. The molecule has 5 nitrogen and oxygen atoms in total. The first-order valence-corrected chi connectivity index (χ1v) is 7.31. The van der Waals surface area contributed by atoms with Crippen LogP contribution in [-0.2, 0) is 0 Å². The number of nitrogens with zero attached hydrogens (tertiary/aromatic N) is 1. The number of hydrogen-bond donors (Lipinski definition) is 1. The molecule has 5 heteroatoms. The summed E-state index contributed by atoms with van der Waals surface area (Å²) in [5.74, 6) is 2.69. The second kappa shape index (κ2) is 4.91. The first-order chi connectivity index (χ1) is 10.3. The highest BCUT2D eigenvalue weighted by molar-refractivity contribution is 5.63. The molecule has 2 aromatic rings. The number of H-pyrrole nitrogens is 1. The van der Waals surface area contributed by atoms with Crippen LogP contribution in [0.4, 0.5) is 0 Å². The van der Waals surface area contributed by atoms with Gasteiger partial charge in [-0.15, -0.1) is 0 Å². The van der Waals surface area contributed by atoms with Crippen molar-refractivity contribution in [3.05, 3.63) is 40.4 Å². The van der Waals surface area contributed by atoms with E-state index in [1.54, 1.807) is 0 Å². The SMILES string of the molecule is O=c1cc(-c2ccc3c(c2)OCCCO3)nc(C2CC2)[nH]1. The van der Waals surface area contributed by atoms with Gasteiger partial charge in [-0.25, -0.2) is 4.98 Å². The molecule has 1 aliphatic carbocycles. The Bertz CT molecular complexity index is 735. The van der Waals surface area contributed by atoms with Crippen molar-refractivity contribution >= 4 is 0 Å². The summed E-state index contributed by atoms with van der Waals surface area (Å²) in [6, 6.07) is 7.24. The molecule has 1 aliphatic heterocycles. The summed E-state index contributed by atoms with van der Waals surface area (Å²) in [5, 5.41) is 0. The summed E-state index contributed by atoms with van der Waals surface area (Å²) in [7, 11) is 0. The summed E-state index contributed by atoms with van der Waals surface area (Å²) in [6.45, 7) is 1.31. The Labute approximate surface area is 121 Å². The molecule has 0 atom stereocenters.